The smallest absolute Gasteiger partial charge is 0.270 e. The third-order valence-electron chi connectivity index (χ3n) is 3.27. The highest BCUT2D eigenvalue weighted by Gasteiger charge is 2.23. The van der Waals surface area contributed by atoms with Gasteiger partial charge in [-0.3, -0.25) is 4.79 Å². The first-order chi connectivity index (χ1) is 9.40. The Morgan fingerprint density at radius 1 is 1.40 bits per heavy atom. The summed E-state index contributed by atoms with van der Waals surface area (Å²) in [6, 6.07) is 1.41. The van der Waals surface area contributed by atoms with Gasteiger partial charge < -0.3 is 9.88 Å². The van der Waals surface area contributed by atoms with Crippen LogP contribution in [0.1, 0.15) is 37.2 Å². The van der Waals surface area contributed by atoms with Gasteiger partial charge in [-0.1, -0.05) is 13.8 Å². The normalized spacial score (nSPS) is 16.1. The number of hydrogen-bond acceptors (Lipinski definition) is 3. The van der Waals surface area contributed by atoms with E-state index in [0.717, 1.165) is 25.9 Å². The Labute approximate surface area is 119 Å². The second kappa shape index (κ2) is 5.97. The molecule has 0 spiro atoms. The number of aromatic amines is 1. The lowest BCUT2D eigenvalue weighted by molar-refractivity contribution is 0.0787. The number of amides is 1. The summed E-state index contributed by atoms with van der Waals surface area (Å²) in [6.07, 6.45) is 3.38. The quantitative estimate of drug-likeness (QED) is 0.856. The summed E-state index contributed by atoms with van der Waals surface area (Å²) in [5.74, 6) is 0.0993. The van der Waals surface area contributed by atoms with Gasteiger partial charge in [0.15, 0.2) is 0 Å². The van der Waals surface area contributed by atoms with Gasteiger partial charge in [0.05, 0.1) is 0 Å². The van der Waals surface area contributed by atoms with Crippen molar-refractivity contribution in [3.8, 4) is 0 Å². The van der Waals surface area contributed by atoms with Crippen molar-refractivity contribution in [3.63, 3.8) is 0 Å². The highest BCUT2D eigenvalue weighted by Crippen LogP contribution is 2.15. The minimum atomic E-state index is -3.54. The summed E-state index contributed by atoms with van der Waals surface area (Å²) in [6.45, 7) is 5.73. The van der Waals surface area contributed by atoms with Gasteiger partial charge in [-0.2, -0.15) is 0 Å². The van der Waals surface area contributed by atoms with E-state index >= 15 is 0 Å². The van der Waals surface area contributed by atoms with E-state index in [1.165, 1.54) is 12.3 Å². The Morgan fingerprint density at radius 3 is 2.65 bits per heavy atom. The number of rotatable bonds is 5. The summed E-state index contributed by atoms with van der Waals surface area (Å²) in [5, 5.41) is 0. The molecule has 1 fully saturated rings. The van der Waals surface area contributed by atoms with Crippen molar-refractivity contribution in [1.29, 1.82) is 0 Å². The Balaban J connectivity index is 2.10. The first-order valence-electron chi connectivity index (χ1n) is 6.87. The lowest BCUT2D eigenvalue weighted by Crippen LogP contribution is -2.28. The monoisotopic (exact) mass is 299 g/mol. The van der Waals surface area contributed by atoms with Crippen LogP contribution in [0.15, 0.2) is 17.2 Å². The summed E-state index contributed by atoms with van der Waals surface area (Å²) < 4.78 is 26.6. The largest absolute Gasteiger partial charge is 0.356 e. The van der Waals surface area contributed by atoms with E-state index in [1.807, 2.05) is 13.8 Å². The maximum atomic E-state index is 12.1. The van der Waals surface area contributed by atoms with E-state index in [0.29, 0.717) is 12.2 Å². The second-order valence-electron chi connectivity index (χ2n) is 5.49. The molecule has 0 aromatic carbocycles. The topological polar surface area (TPSA) is 82.3 Å². The maximum absolute atomic E-state index is 12.1. The number of likely N-dealkylation sites (tertiary alicyclic amines) is 1. The zero-order chi connectivity index (χ0) is 14.8. The van der Waals surface area contributed by atoms with E-state index < -0.39 is 10.0 Å². The fourth-order valence-electron chi connectivity index (χ4n) is 2.10. The third kappa shape index (κ3) is 3.40. The molecule has 0 radical (unpaired) electrons. The molecule has 0 saturated carbocycles. The van der Waals surface area contributed by atoms with Crippen molar-refractivity contribution in [1.82, 2.24) is 14.6 Å². The average molecular weight is 299 g/mol. The Morgan fingerprint density at radius 2 is 2.05 bits per heavy atom. The van der Waals surface area contributed by atoms with Gasteiger partial charge in [-0.15, -0.1) is 0 Å². The van der Waals surface area contributed by atoms with Crippen LogP contribution in [0.4, 0.5) is 0 Å². The number of carbonyl (C=O) groups excluding carboxylic acids is 1. The summed E-state index contributed by atoms with van der Waals surface area (Å²) in [4.78, 5) is 16.8. The van der Waals surface area contributed by atoms with Crippen molar-refractivity contribution in [2.24, 2.45) is 5.92 Å². The summed E-state index contributed by atoms with van der Waals surface area (Å²) in [7, 11) is -3.54. The molecular weight excluding hydrogens is 278 g/mol. The van der Waals surface area contributed by atoms with Crippen LogP contribution in [0.25, 0.3) is 0 Å². The number of aromatic nitrogens is 1. The Bertz CT molecular complexity index is 571. The molecule has 0 unspecified atom stereocenters. The van der Waals surface area contributed by atoms with Crippen LogP contribution in [0.5, 0.6) is 0 Å². The molecule has 7 heteroatoms. The molecule has 1 amide bonds. The lowest BCUT2D eigenvalue weighted by Gasteiger charge is -2.13. The van der Waals surface area contributed by atoms with Crippen molar-refractivity contribution < 1.29 is 13.2 Å². The van der Waals surface area contributed by atoms with Crippen molar-refractivity contribution in [2.75, 3.05) is 19.6 Å². The molecule has 2 rings (SSSR count). The molecule has 1 saturated heterocycles. The van der Waals surface area contributed by atoms with Crippen LogP contribution in [-0.4, -0.2) is 43.8 Å². The van der Waals surface area contributed by atoms with Gasteiger partial charge in [0.1, 0.15) is 10.6 Å². The molecule has 1 aromatic heterocycles. The van der Waals surface area contributed by atoms with Crippen LogP contribution < -0.4 is 4.72 Å². The standard InChI is InChI=1S/C13H21N3O3S/c1-10(2)8-15-20(18,19)11-7-12(14-9-11)13(17)16-5-3-4-6-16/h7,9-10,14-15H,3-6,8H2,1-2H3. The molecule has 2 N–H and O–H groups in total. The van der Waals surface area contributed by atoms with Gasteiger partial charge in [0.2, 0.25) is 10.0 Å². The average Bonchev–Trinajstić information content (AvgIpc) is 3.06. The zero-order valence-corrected chi connectivity index (χ0v) is 12.7. The van der Waals surface area contributed by atoms with Crippen LogP contribution in [0, 0.1) is 5.92 Å². The first-order valence-corrected chi connectivity index (χ1v) is 8.36. The molecule has 112 valence electrons. The molecular formula is C13H21N3O3S. The van der Waals surface area contributed by atoms with Gasteiger partial charge >= 0.3 is 0 Å². The Kier molecular flexibility index (Phi) is 4.49. The van der Waals surface area contributed by atoms with Crippen molar-refractivity contribution in [3.05, 3.63) is 18.0 Å². The number of H-pyrrole nitrogens is 1. The fraction of sp³-hybridized carbons (Fsp3) is 0.615. The highest BCUT2D eigenvalue weighted by molar-refractivity contribution is 7.89. The molecule has 1 aliphatic rings. The van der Waals surface area contributed by atoms with Crippen molar-refractivity contribution in [2.45, 2.75) is 31.6 Å². The zero-order valence-electron chi connectivity index (χ0n) is 11.8. The SMILES string of the molecule is CC(C)CNS(=O)(=O)c1c[nH]c(C(=O)N2CCCC2)c1. The predicted molar refractivity (Wildman–Crippen MR) is 76.0 cm³/mol. The molecule has 0 aliphatic carbocycles. The van der Waals surface area contributed by atoms with Crippen LogP contribution in [0.3, 0.4) is 0 Å². The molecule has 0 atom stereocenters. The summed E-state index contributed by atoms with van der Waals surface area (Å²) in [5.41, 5.74) is 0.330. The van der Waals surface area contributed by atoms with E-state index in [2.05, 4.69) is 9.71 Å². The number of nitrogens with one attached hydrogen (secondary N) is 2. The van der Waals surface area contributed by atoms with E-state index in [4.69, 9.17) is 0 Å². The van der Waals surface area contributed by atoms with Crippen LogP contribution >= 0.6 is 0 Å². The number of hydrogen-bond donors (Lipinski definition) is 2. The number of carbonyl (C=O) groups is 1. The van der Waals surface area contributed by atoms with E-state index in [-0.39, 0.29) is 16.7 Å². The first kappa shape index (κ1) is 15.1. The highest BCUT2D eigenvalue weighted by atomic mass is 32.2. The van der Waals surface area contributed by atoms with Gasteiger partial charge in [-0.25, -0.2) is 13.1 Å². The number of sulfonamides is 1. The third-order valence-corrected chi connectivity index (χ3v) is 4.68. The molecule has 6 nitrogen and oxygen atoms in total. The Hall–Kier alpha value is -1.34. The second-order valence-corrected chi connectivity index (χ2v) is 7.26. The van der Waals surface area contributed by atoms with E-state index in [1.54, 1.807) is 4.90 Å². The van der Waals surface area contributed by atoms with E-state index in [9.17, 15) is 13.2 Å². The minimum Gasteiger partial charge on any atom is -0.356 e. The van der Waals surface area contributed by atoms with Gasteiger partial charge in [0.25, 0.3) is 5.91 Å². The van der Waals surface area contributed by atoms with Crippen LogP contribution in [-0.2, 0) is 10.0 Å². The molecule has 0 bridgehead atoms. The predicted octanol–water partition coefficient (Wildman–Crippen LogP) is 1.19. The molecule has 1 aliphatic heterocycles. The minimum absolute atomic E-state index is 0.112. The molecule has 2 heterocycles. The lowest BCUT2D eigenvalue weighted by atomic mass is 10.2. The summed E-state index contributed by atoms with van der Waals surface area (Å²) >= 11 is 0. The van der Waals surface area contributed by atoms with Gasteiger partial charge in [-0.05, 0) is 24.8 Å². The number of nitrogens with zero attached hydrogens (tertiary/aromatic N) is 1. The molecule has 20 heavy (non-hydrogen) atoms. The fourth-order valence-corrected chi connectivity index (χ4v) is 3.31. The van der Waals surface area contributed by atoms with Gasteiger partial charge in [0, 0.05) is 25.8 Å². The van der Waals surface area contributed by atoms with Crippen LogP contribution in [0.2, 0.25) is 0 Å². The van der Waals surface area contributed by atoms with Crippen molar-refractivity contribution >= 4 is 15.9 Å². The maximum Gasteiger partial charge on any atom is 0.270 e. The molecule has 1 aromatic rings.